The molecule has 1 aromatic carbocycles. The summed E-state index contributed by atoms with van der Waals surface area (Å²) in [6.45, 7) is 7.99. The van der Waals surface area contributed by atoms with Gasteiger partial charge in [0.05, 0.1) is 0 Å². The smallest absolute Gasteiger partial charge is 0.00913 e. The third kappa shape index (κ3) is 5.33. The largest absolute Gasteiger partial charge is 0.317 e. The van der Waals surface area contributed by atoms with Crippen LogP contribution in [0.1, 0.15) is 37.8 Å². The van der Waals surface area contributed by atoms with Gasteiger partial charge < -0.3 is 10.6 Å². The minimum atomic E-state index is 0.724. The second kappa shape index (κ2) is 7.66. The Morgan fingerprint density at radius 1 is 1.11 bits per heavy atom. The van der Waals surface area contributed by atoms with Crippen LogP contribution in [0.2, 0.25) is 0 Å². The molecule has 1 heterocycles. The van der Waals surface area contributed by atoms with Crippen LogP contribution in [0.4, 0.5) is 0 Å². The molecule has 1 fully saturated rings. The molecule has 0 amide bonds. The van der Waals surface area contributed by atoms with Gasteiger partial charge in [0.25, 0.3) is 0 Å². The molecule has 1 aliphatic rings. The predicted molar refractivity (Wildman–Crippen MR) is 82.6 cm³/mol. The molecule has 0 saturated carbocycles. The highest BCUT2D eigenvalue weighted by Gasteiger charge is 2.11. The number of nitrogens with one attached hydrogen (secondary N) is 2. The molecule has 0 atom stereocenters. The second-order valence-corrected chi connectivity index (χ2v) is 6.14. The third-order valence-corrected chi connectivity index (χ3v) is 3.85. The Hall–Kier alpha value is -0.860. The highest BCUT2D eigenvalue weighted by molar-refractivity contribution is 5.23. The molecule has 106 valence electrons. The lowest BCUT2D eigenvalue weighted by Gasteiger charge is -2.23. The summed E-state index contributed by atoms with van der Waals surface area (Å²) in [5.74, 6) is 0.743. The molecular formula is C17H28N2. The topological polar surface area (TPSA) is 24.1 Å². The van der Waals surface area contributed by atoms with Gasteiger partial charge in [-0.15, -0.1) is 0 Å². The van der Waals surface area contributed by atoms with E-state index in [1.165, 1.54) is 43.5 Å². The standard InChI is InChI=1S/C17H28N2/c1-14(2)13-16-5-3-15(4-6-16)7-12-19-17-8-10-18-11-9-17/h3-6,14,17-19H,7-13H2,1-2H3. The zero-order valence-corrected chi connectivity index (χ0v) is 12.4. The van der Waals surface area contributed by atoms with E-state index in [1.54, 1.807) is 0 Å². The molecule has 2 N–H and O–H groups in total. The number of hydrogen-bond acceptors (Lipinski definition) is 2. The van der Waals surface area contributed by atoms with Gasteiger partial charge in [0.15, 0.2) is 0 Å². The lowest BCUT2D eigenvalue weighted by molar-refractivity contribution is 0.389. The van der Waals surface area contributed by atoms with E-state index in [0.717, 1.165) is 24.9 Å². The first-order chi connectivity index (χ1) is 9.24. The normalized spacial score (nSPS) is 17.0. The van der Waals surface area contributed by atoms with Crippen LogP contribution < -0.4 is 10.6 Å². The highest BCUT2D eigenvalue weighted by Crippen LogP contribution is 2.10. The lowest BCUT2D eigenvalue weighted by atomic mass is 10.0. The molecule has 0 radical (unpaired) electrons. The minimum Gasteiger partial charge on any atom is -0.317 e. The van der Waals surface area contributed by atoms with Crippen LogP contribution >= 0.6 is 0 Å². The summed E-state index contributed by atoms with van der Waals surface area (Å²) in [4.78, 5) is 0. The fraction of sp³-hybridized carbons (Fsp3) is 0.647. The van der Waals surface area contributed by atoms with Crippen LogP contribution in [-0.2, 0) is 12.8 Å². The molecule has 2 heteroatoms. The molecular weight excluding hydrogens is 232 g/mol. The first kappa shape index (κ1) is 14.5. The summed E-state index contributed by atoms with van der Waals surface area (Å²) in [6.07, 6.45) is 4.88. The Morgan fingerprint density at radius 3 is 2.37 bits per heavy atom. The fourth-order valence-electron chi connectivity index (χ4n) is 2.76. The molecule has 0 bridgehead atoms. The maximum atomic E-state index is 3.68. The number of piperidine rings is 1. The average molecular weight is 260 g/mol. The minimum absolute atomic E-state index is 0.724. The van der Waals surface area contributed by atoms with Crippen LogP contribution in [0, 0.1) is 5.92 Å². The van der Waals surface area contributed by atoms with Crippen molar-refractivity contribution in [3.05, 3.63) is 35.4 Å². The summed E-state index contributed by atoms with van der Waals surface area (Å²) in [6, 6.07) is 9.89. The van der Waals surface area contributed by atoms with Crippen molar-refractivity contribution in [3.8, 4) is 0 Å². The Labute approximate surface area is 118 Å². The summed E-state index contributed by atoms with van der Waals surface area (Å²) < 4.78 is 0. The third-order valence-electron chi connectivity index (χ3n) is 3.85. The van der Waals surface area contributed by atoms with Gasteiger partial charge in [-0.25, -0.2) is 0 Å². The first-order valence-corrected chi connectivity index (χ1v) is 7.76. The van der Waals surface area contributed by atoms with Crippen LogP contribution in [-0.4, -0.2) is 25.7 Å². The number of benzene rings is 1. The van der Waals surface area contributed by atoms with E-state index in [2.05, 4.69) is 48.7 Å². The van der Waals surface area contributed by atoms with Crippen LogP contribution in [0.25, 0.3) is 0 Å². The molecule has 0 aliphatic carbocycles. The molecule has 19 heavy (non-hydrogen) atoms. The first-order valence-electron chi connectivity index (χ1n) is 7.76. The van der Waals surface area contributed by atoms with Gasteiger partial charge in [-0.2, -0.15) is 0 Å². The molecule has 0 aromatic heterocycles. The quantitative estimate of drug-likeness (QED) is 0.822. The molecule has 1 aromatic rings. The van der Waals surface area contributed by atoms with Crippen molar-refractivity contribution in [2.75, 3.05) is 19.6 Å². The average Bonchev–Trinajstić information content (AvgIpc) is 2.41. The second-order valence-electron chi connectivity index (χ2n) is 6.14. The molecule has 1 aliphatic heterocycles. The summed E-state index contributed by atoms with van der Waals surface area (Å²) in [5, 5.41) is 7.08. The van der Waals surface area contributed by atoms with Gasteiger partial charge >= 0.3 is 0 Å². The van der Waals surface area contributed by atoms with E-state index in [-0.39, 0.29) is 0 Å². The Balaban J connectivity index is 1.70. The van der Waals surface area contributed by atoms with Gasteiger partial charge in [0, 0.05) is 6.04 Å². The van der Waals surface area contributed by atoms with E-state index in [0.29, 0.717) is 0 Å². The fourth-order valence-corrected chi connectivity index (χ4v) is 2.76. The van der Waals surface area contributed by atoms with E-state index in [1.807, 2.05) is 0 Å². The zero-order valence-electron chi connectivity index (χ0n) is 12.4. The zero-order chi connectivity index (χ0) is 13.5. The van der Waals surface area contributed by atoms with E-state index in [4.69, 9.17) is 0 Å². The Morgan fingerprint density at radius 2 is 1.74 bits per heavy atom. The summed E-state index contributed by atoms with van der Waals surface area (Å²) in [5.41, 5.74) is 2.92. The molecule has 0 spiro atoms. The maximum Gasteiger partial charge on any atom is 0.00913 e. The van der Waals surface area contributed by atoms with Crippen molar-refractivity contribution in [2.45, 2.75) is 45.6 Å². The molecule has 1 saturated heterocycles. The van der Waals surface area contributed by atoms with Gasteiger partial charge in [0.2, 0.25) is 0 Å². The van der Waals surface area contributed by atoms with Crippen LogP contribution in [0.15, 0.2) is 24.3 Å². The number of rotatable bonds is 6. The van der Waals surface area contributed by atoms with Crippen molar-refractivity contribution in [3.63, 3.8) is 0 Å². The van der Waals surface area contributed by atoms with Gasteiger partial charge in [-0.05, 0) is 62.4 Å². The van der Waals surface area contributed by atoms with Gasteiger partial charge in [-0.1, -0.05) is 38.1 Å². The van der Waals surface area contributed by atoms with E-state index >= 15 is 0 Å². The van der Waals surface area contributed by atoms with Crippen LogP contribution in [0.3, 0.4) is 0 Å². The van der Waals surface area contributed by atoms with E-state index in [9.17, 15) is 0 Å². The maximum absolute atomic E-state index is 3.68. The number of hydrogen-bond donors (Lipinski definition) is 2. The molecule has 2 rings (SSSR count). The van der Waals surface area contributed by atoms with Crippen molar-refractivity contribution in [1.29, 1.82) is 0 Å². The van der Waals surface area contributed by atoms with Crippen molar-refractivity contribution in [1.82, 2.24) is 10.6 Å². The van der Waals surface area contributed by atoms with Crippen molar-refractivity contribution in [2.24, 2.45) is 5.92 Å². The predicted octanol–water partition coefficient (Wildman–Crippen LogP) is 2.77. The Bertz CT molecular complexity index is 350. The highest BCUT2D eigenvalue weighted by atomic mass is 15.0. The summed E-state index contributed by atoms with van der Waals surface area (Å²) in [7, 11) is 0. The monoisotopic (exact) mass is 260 g/mol. The SMILES string of the molecule is CC(C)Cc1ccc(CCNC2CCNCC2)cc1. The summed E-state index contributed by atoms with van der Waals surface area (Å²) >= 11 is 0. The lowest BCUT2D eigenvalue weighted by Crippen LogP contribution is -2.40. The van der Waals surface area contributed by atoms with Crippen molar-refractivity contribution < 1.29 is 0 Å². The Kier molecular flexibility index (Phi) is 5.87. The van der Waals surface area contributed by atoms with E-state index < -0.39 is 0 Å². The van der Waals surface area contributed by atoms with Crippen LogP contribution in [0.5, 0.6) is 0 Å². The molecule has 2 nitrogen and oxygen atoms in total. The molecule has 0 unspecified atom stereocenters. The van der Waals surface area contributed by atoms with Crippen molar-refractivity contribution >= 4 is 0 Å². The van der Waals surface area contributed by atoms with Gasteiger partial charge in [-0.3, -0.25) is 0 Å². The van der Waals surface area contributed by atoms with Gasteiger partial charge in [0.1, 0.15) is 0 Å².